The molecule has 1 aliphatic carbocycles. The summed E-state index contributed by atoms with van der Waals surface area (Å²) in [5.41, 5.74) is 10.0. The molecule has 1 aromatic carbocycles. The molecule has 2 atom stereocenters. The minimum Gasteiger partial charge on any atom is -0.324 e. The van der Waals surface area contributed by atoms with Gasteiger partial charge < -0.3 is 5.73 Å². The molecule has 1 aromatic heterocycles. The summed E-state index contributed by atoms with van der Waals surface area (Å²) in [7, 11) is 0. The number of rotatable bonds is 2. The molecule has 0 amide bonds. The molecule has 3 nitrogen and oxygen atoms in total. The number of benzene rings is 1. The lowest BCUT2D eigenvalue weighted by Gasteiger charge is -2.25. The van der Waals surface area contributed by atoms with Crippen LogP contribution < -0.4 is 5.73 Å². The van der Waals surface area contributed by atoms with E-state index in [0.29, 0.717) is 5.92 Å². The fourth-order valence-electron chi connectivity index (χ4n) is 2.82. The zero-order valence-electron chi connectivity index (χ0n) is 10.7. The van der Waals surface area contributed by atoms with Gasteiger partial charge >= 0.3 is 0 Å². The van der Waals surface area contributed by atoms with Gasteiger partial charge in [-0.2, -0.15) is 5.10 Å². The van der Waals surface area contributed by atoms with Crippen molar-refractivity contribution in [3.63, 3.8) is 0 Å². The van der Waals surface area contributed by atoms with Crippen LogP contribution in [0.3, 0.4) is 0 Å². The highest BCUT2D eigenvalue weighted by molar-refractivity contribution is 5.26. The zero-order chi connectivity index (χ0) is 12.5. The number of fused-ring (bicyclic) bond motifs is 1. The third-order valence-corrected chi connectivity index (χ3v) is 3.75. The Bertz CT molecular complexity index is 530. The topological polar surface area (TPSA) is 43.8 Å². The molecule has 94 valence electrons. The summed E-state index contributed by atoms with van der Waals surface area (Å²) in [6.45, 7) is 3.11. The molecule has 1 heterocycles. The number of aromatic nitrogens is 2. The van der Waals surface area contributed by atoms with Gasteiger partial charge in [0.1, 0.15) is 0 Å². The summed E-state index contributed by atoms with van der Waals surface area (Å²) >= 11 is 0. The van der Waals surface area contributed by atoms with E-state index < -0.39 is 0 Å². The Morgan fingerprint density at radius 2 is 2.11 bits per heavy atom. The van der Waals surface area contributed by atoms with E-state index in [-0.39, 0.29) is 6.04 Å². The molecular formula is C15H19N3. The van der Waals surface area contributed by atoms with E-state index in [0.717, 1.165) is 19.4 Å². The van der Waals surface area contributed by atoms with Gasteiger partial charge in [-0.25, -0.2) is 0 Å². The van der Waals surface area contributed by atoms with Crippen molar-refractivity contribution in [1.29, 1.82) is 0 Å². The first-order chi connectivity index (χ1) is 8.74. The third kappa shape index (κ3) is 2.06. The van der Waals surface area contributed by atoms with Crippen molar-refractivity contribution in [3.8, 4) is 0 Å². The predicted octanol–water partition coefficient (Wildman–Crippen LogP) is 2.51. The highest BCUT2D eigenvalue weighted by atomic mass is 15.3. The van der Waals surface area contributed by atoms with Crippen LogP contribution in [0.25, 0.3) is 0 Å². The predicted molar refractivity (Wildman–Crippen MR) is 72.2 cm³/mol. The highest BCUT2D eigenvalue weighted by Crippen LogP contribution is 2.31. The Morgan fingerprint density at radius 1 is 1.33 bits per heavy atom. The van der Waals surface area contributed by atoms with Crippen LogP contribution in [0.1, 0.15) is 36.2 Å². The molecule has 0 saturated carbocycles. The number of nitrogens with zero attached hydrogens (tertiary/aromatic N) is 2. The van der Waals surface area contributed by atoms with Gasteiger partial charge in [-0.1, -0.05) is 37.3 Å². The second-order valence-corrected chi connectivity index (χ2v) is 5.34. The first-order valence-corrected chi connectivity index (χ1v) is 6.58. The molecule has 0 aliphatic heterocycles. The number of hydrogen-bond acceptors (Lipinski definition) is 2. The van der Waals surface area contributed by atoms with Gasteiger partial charge in [-0.15, -0.1) is 0 Å². The molecule has 1 aliphatic rings. The van der Waals surface area contributed by atoms with Crippen LogP contribution in [0.4, 0.5) is 0 Å². The van der Waals surface area contributed by atoms with Crippen LogP contribution in [0, 0.1) is 5.92 Å². The van der Waals surface area contributed by atoms with E-state index >= 15 is 0 Å². The van der Waals surface area contributed by atoms with Gasteiger partial charge in [-0.05, 0) is 24.3 Å². The van der Waals surface area contributed by atoms with Crippen molar-refractivity contribution in [3.05, 3.63) is 53.3 Å². The van der Waals surface area contributed by atoms with E-state index in [9.17, 15) is 0 Å². The summed E-state index contributed by atoms with van der Waals surface area (Å²) in [5, 5.41) is 4.51. The molecular weight excluding hydrogens is 222 g/mol. The van der Waals surface area contributed by atoms with Crippen molar-refractivity contribution in [1.82, 2.24) is 9.78 Å². The average molecular weight is 241 g/mol. The molecule has 0 radical (unpaired) electrons. The molecule has 3 heteroatoms. The van der Waals surface area contributed by atoms with Crippen molar-refractivity contribution in [2.75, 3.05) is 0 Å². The second kappa shape index (κ2) is 4.58. The quantitative estimate of drug-likeness (QED) is 0.878. The first-order valence-electron chi connectivity index (χ1n) is 6.58. The minimum absolute atomic E-state index is 0.160. The minimum atomic E-state index is 0.160. The third-order valence-electron chi connectivity index (χ3n) is 3.75. The van der Waals surface area contributed by atoms with Crippen LogP contribution in [-0.2, 0) is 13.0 Å². The molecule has 2 unspecified atom stereocenters. The zero-order valence-corrected chi connectivity index (χ0v) is 10.7. The summed E-state index contributed by atoms with van der Waals surface area (Å²) in [5.74, 6) is 0.652. The van der Waals surface area contributed by atoms with Gasteiger partial charge in [0, 0.05) is 17.3 Å². The monoisotopic (exact) mass is 241 g/mol. The molecule has 0 saturated heterocycles. The number of hydrogen-bond donors (Lipinski definition) is 1. The molecule has 0 spiro atoms. The fraction of sp³-hybridized carbons (Fsp3) is 0.400. The van der Waals surface area contributed by atoms with Crippen molar-refractivity contribution >= 4 is 0 Å². The Morgan fingerprint density at radius 3 is 2.89 bits per heavy atom. The van der Waals surface area contributed by atoms with Gasteiger partial charge in [0.2, 0.25) is 0 Å². The van der Waals surface area contributed by atoms with E-state index in [1.807, 2.05) is 12.3 Å². The SMILES string of the molecule is CC1Cc2c(cnn2Cc2ccccc2)C(N)C1. The normalized spacial score (nSPS) is 22.8. The van der Waals surface area contributed by atoms with Crippen LogP contribution in [0.2, 0.25) is 0 Å². The molecule has 0 bridgehead atoms. The lowest BCUT2D eigenvalue weighted by atomic mass is 9.86. The van der Waals surface area contributed by atoms with Crippen LogP contribution in [-0.4, -0.2) is 9.78 Å². The summed E-state index contributed by atoms with van der Waals surface area (Å²) in [4.78, 5) is 0. The molecule has 2 N–H and O–H groups in total. The van der Waals surface area contributed by atoms with Gasteiger partial charge in [-0.3, -0.25) is 4.68 Å². The first kappa shape index (κ1) is 11.5. The second-order valence-electron chi connectivity index (χ2n) is 5.34. The molecule has 3 rings (SSSR count). The smallest absolute Gasteiger partial charge is 0.0662 e. The Labute approximate surface area is 108 Å². The van der Waals surface area contributed by atoms with Gasteiger partial charge in [0.05, 0.1) is 12.7 Å². The summed E-state index contributed by atoms with van der Waals surface area (Å²) in [6.07, 6.45) is 4.12. The van der Waals surface area contributed by atoms with E-state index in [4.69, 9.17) is 5.73 Å². The van der Waals surface area contributed by atoms with Crippen molar-refractivity contribution < 1.29 is 0 Å². The van der Waals surface area contributed by atoms with Crippen LogP contribution in [0.5, 0.6) is 0 Å². The van der Waals surface area contributed by atoms with Crippen LogP contribution >= 0.6 is 0 Å². The standard InChI is InChI=1S/C15H19N3/c1-11-7-14(16)13-9-17-18(15(13)8-11)10-12-5-3-2-4-6-12/h2-6,9,11,14H,7-8,10,16H2,1H3. The fourth-order valence-corrected chi connectivity index (χ4v) is 2.82. The molecule has 2 aromatic rings. The highest BCUT2D eigenvalue weighted by Gasteiger charge is 2.25. The lowest BCUT2D eigenvalue weighted by Crippen LogP contribution is -2.23. The maximum absolute atomic E-state index is 6.19. The summed E-state index contributed by atoms with van der Waals surface area (Å²) in [6, 6.07) is 10.6. The largest absolute Gasteiger partial charge is 0.324 e. The van der Waals surface area contributed by atoms with Gasteiger partial charge in [0.15, 0.2) is 0 Å². The van der Waals surface area contributed by atoms with E-state index in [2.05, 4.69) is 41.0 Å². The van der Waals surface area contributed by atoms with Crippen molar-refractivity contribution in [2.45, 2.75) is 32.4 Å². The van der Waals surface area contributed by atoms with Crippen molar-refractivity contribution in [2.24, 2.45) is 11.7 Å². The Kier molecular flexibility index (Phi) is 2.92. The Balaban J connectivity index is 1.91. The molecule has 0 fully saturated rings. The maximum atomic E-state index is 6.19. The van der Waals surface area contributed by atoms with Crippen LogP contribution in [0.15, 0.2) is 36.5 Å². The van der Waals surface area contributed by atoms with Gasteiger partial charge in [0.25, 0.3) is 0 Å². The molecule has 18 heavy (non-hydrogen) atoms. The number of nitrogens with two attached hydrogens (primary N) is 1. The lowest BCUT2D eigenvalue weighted by molar-refractivity contribution is 0.422. The summed E-state index contributed by atoms with van der Waals surface area (Å²) < 4.78 is 2.11. The van der Waals surface area contributed by atoms with E-state index in [1.54, 1.807) is 0 Å². The Hall–Kier alpha value is -1.61. The average Bonchev–Trinajstić information content (AvgIpc) is 2.74. The maximum Gasteiger partial charge on any atom is 0.0662 e. The van der Waals surface area contributed by atoms with E-state index in [1.165, 1.54) is 16.8 Å².